The lowest BCUT2D eigenvalue weighted by atomic mass is 9.85. The lowest BCUT2D eigenvalue weighted by Crippen LogP contribution is -2.49. The summed E-state index contributed by atoms with van der Waals surface area (Å²) in [5, 5.41) is 0. The van der Waals surface area contributed by atoms with Crippen molar-refractivity contribution < 1.29 is 27.4 Å². The van der Waals surface area contributed by atoms with Crippen LogP contribution in [0.5, 0.6) is 5.75 Å². The molecule has 2 aromatic carbocycles. The minimum absolute atomic E-state index is 0.0438. The molecule has 5 rings (SSSR count). The van der Waals surface area contributed by atoms with Gasteiger partial charge >= 0.3 is 12.3 Å². The van der Waals surface area contributed by atoms with Gasteiger partial charge in [-0.15, -0.1) is 0 Å². The second-order valence-corrected chi connectivity index (χ2v) is 10.5. The van der Waals surface area contributed by atoms with E-state index in [1.165, 1.54) is 6.07 Å². The number of hydrogen-bond donors (Lipinski definition) is 0. The van der Waals surface area contributed by atoms with Crippen LogP contribution in [0.15, 0.2) is 30.3 Å². The Kier molecular flexibility index (Phi) is 5.68. The molecule has 3 heterocycles. The Morgan fingerprint density at radius 3 is 2.57 bits per heavy atom. The Morgan fingerprint density at radius 2 is 1.89 bits per heavy atom. The first-order chi connectivity index (χ1) is 16.5. The van der Waals surface area contributed by atoms with Crippen LogP contribution in [0.3, 0.4) is 0 Å². The fourth-order valence-corrected chi connectivity index (χ4v) is 5.76. The van der Waals surface area contributed by atoms with Crippen LogP contribution < -0.4 is 9.64 Å². The lowest BCUT2D eigenvalue weighted by molar-refractivity contribution is -0.137. The summed E-state index contributed by atoms with van der Waals surface area (Å²) in [5.74, 6) is 0.253. The third kappa shape index (κ3) is 4.32. The summed E-state index contributed by atoms with van der Waals surface area (Å²) in [7, 11) is 0. The van der Waals surface area contributed by atoms with Crippen molar-refractivity contribution in [2.24, 2.45) is 0 Å². The minimum atomic E-state index is -4.51. The molecule has 188 valence electrons. The van der Waals surface area contributed by atoms with Gasteiger partial charge in [-0.05, 0) is 87.1 Å². The number of rotatable bonds is 3. The molecule has 1 amide bonds. The van der Waals surface area contributed by atoms with Gasteiger partial charge in [-0.3, -0.25) is 0 Å². The maximum atomic E-state index is 14.0. The molecule has 0 aromatic heterocycles. The molecule has 2 atom stereocenters. The van der Waals surface area contributed by atoms with Crippen molar-refractivity contribution in [1.82, 2.24) is 4.90 Å². The van der Waals surface area contributed by atoms with Crippen molar-refractivity contribution in [2.45, 2.75) is 64.3 Å². The molecule has 1 fully saturated rings. The molecular formula is C27H31F3N2O3. The van der Waals surface area contributed by atoms with Crippen LogP contribution in [0.4, 0.5) is 23.7 Å². The van der Waals surface area contributed by atoms with E-state index in [1.54, 1.807) is 17.9 Å². The highest BCUT2D eigenvalue weighted by Crippen LogP contribution is 2.51. The first kappa shape index (κ1) is 23.8. The van der Waals surface area contributed by atoms with Crippen LogP contribution in [0.2, 0.25) is 0 Å². The number of amides is 1. The Bertz CT molecular complexity index is 1160. The van der Waals surface area contributed by atoms with Crippen LogP contribution >= 0.6 is 0 Å². The predicted octanol–water partition coefficient (Wildman–Crippen LogP) is 6.24. The van der Waals surface area contributed by atoms with Crippen LogP contribution in [-0.4, -0.2) is 48.9 Å². The SMILES string of the molecule is CCOc1ccc(-c2cc3c4c(c2)[C@H]2CN(C(=O)OC(C)(C)C)CC[C@H]2N4CC3)c(C(F)(F)F)c1. The molecule has 8 heteroatoms. The predicted molar refractivity (Wildman–Crippen MR) is 128 cm³/mol. The molecule has 1 saturated heterocycles. The Labute approximate surface area is 203 Å². The number of alkyl halides is 3. The van der Waals surface area contributed by atoms with Gasteiger partial charge in [0.05, 0.1) is 12.2 Å². The summed E-state index contributed by atoms with van der Waals surface area (Å²) in [5.41, 5.74) is 2.70. The average Bonchev–Trinajstić information content (AvgIpc) is 3.34. The third-order valence-corrected chi connectivity index (χ3v) is 7.07. The first-order valence-electron chi connectivity index (χ1n) is 12.2. The molecule has 35 heavy (non-hydrogen) atoms. The van der Waals surface area contributed by atoms with E-state index in [9.17, 15) is 18.0 Å². The number of carbonyl (C=O) groups is 1. The van der Waals surface area contributed by atoms with E-state index in [0.29, 0.717) is 25.3 Å². The molecule has 0 unspecified atom stereocenters. The largest absolute Gasteiger partial charge is 0.494 e. The third-order valence-electron chi connectivity index (χ3n) is 7.07. The zero-order valence-corrected chi connectivity index (χ0v) is 20.5. The monoisotopic (exact) mass is 488 g/mol. The first-order valence-corrected chi connectivity index (χ1v) is 12.2. The number of hydrogen-bond acceptors (Lipinski definition) is 4. The molecular weight excluding hydrogens is 457 g/mol. The number of halogens is 3. The van der Waals surface area contributed by atoms with Gasteiger partial charge in [0.15, 0.2) is 0 Å². The van der Waals surface area contributed by atoms with Crippen molar-refractivity contribution in [3.63, 3.8) is 0 Å². The van der Waals surface area contributed by atoms with Crippen molar-refractivity contribution in [3.8, 4) is 16.9 Å². The number of anilines is 1. The molecule has 0 bridgehead atoms. The summed E-state index contributed by atoms with van der Waals surface area (Å²) in [6, 6.07) is 8.27. The van der Waals surface area contributed by atoms with Crippen LogP contribution in [-0.2, 0) is 17.3 Å². The Hall–Kier alpha value is -2.90. The summed E-state index contributed by atoms with van der Waals surface area (Å²) >= 11 is 0. The maximum Gasteiger partial charge on any atom is 0.417 e. The van der Waals surface area contributed by atoms with E-state index in [4.69, 9.17) is 9.47 Å². The van der Waals surface area contributed by atoms with Crippen molar-refractivity contribution in [3.05, 3.63) is 47.0 Å². The Morgan fingerprint density at radius 1 is 1.11 bits per heavy atom. The summed E-state index contributed by atoms with van der Waals surface area (Å²) in [6.45, 7) is 9.54. The van der Waals surface area contributed by atoms with Crippen LogP contribution in [0.25, 0.3) is 11.1 Å². The van der Waals surface area contributed by atoms with Crippen LogP contribution in [0, 0.1) is 0 Å². The second-order valence-electron chi connectivity index (χ2n) is 10.5. The number of piperidine rings is 1. The van der Waals surface area contributed by atoms with Gasteiger partial charge in [0.25, 0.3) is 0 Å². The van der Waals surface area contributed by atoms with E-state index in [1.807, 2.05) is 32.9 Å². The van der Waals surface area contributed by atoms with Gasteiger partial charge in [0.1, 0.15) is 11.4 Å². The summed E-state index contributed by atoms with van der Waals surface area (Å²) < 4.78 is 53.1. The average molecular weight is 489 g/mol. The second kappa shape index (κ2) is 8.35. The van der Waals surface area contributed by atoms with E-state index < -0.39 is 17.3 Å². The number of benzene rings is 2. The summed E-state index contributed by atoms with van der Waals surface area (Å²) in [6.07, 6.45) is -3.22. The summed E-state index contributed by atoms with van der Waals surface area (Å²) in [4.78, 5) is 16.9. The number of ether oxygens (including phenoxy) is 2. The number of carbonyl (C=O) groups excluding carboxylic acids is 1. The number of nitrogens with zero attached hydrogens (tertiary/aromatic N) is 2. The van der Waals surface area contributed by atoms with Gasteiger partial charge < -0.3 is 19.3 Å². The molecule has 0 saturated carbocycles. The van der Waals surface area contributed by atoms with E-state index in [0.717, 1.165) is 42.3 Å². The highest BCUT2D eigenvalue weighted by Gasteiger charge is 2.46. The zero-order chi connectivity index (χ0) is 25.1. The molecule has 0 N–H and O–H groups in total. The topological polar surface area (TPSA) is 42.0 Å². The number of likely N-dealkylation sites (tertiary alicyclic amines) is 1. The molecule has 0 spiro atoms. The lowest BCUT2D eigenvalue weighted by Gasteiger charge is -2.38. The van der Waals surface area contributed by atoms with Crippen molar-refractivity contribution in [2.75, 3.05) is 31.1 Å². The van der Waals surface area contributed by atoms with Gasteiger partial charge in [-0.1, -0.05) is 6.07 Å². The molecule has 2 aromatic rings. The van der Waals surface area contributed by atoms with Crippen LogP contribution in [0.1, 0.15) is 56.7 Å². The van der Waals surface area contributed by atoms with E-state index in [-0.39, 0.29) is 29.4 Å². The fourth-order valence-electron chi connectivity index (χ4n) is 5.76. The quantitative estimate of drug-likeness (QED) is 0.513. The van der Waals surface area contributed by atoms with E-state index >= 15 is 0 Å². The highest BCUT2D eigenvalue weighted by atomic mass is 19.4. The molecule has 0 aliphatic carbocycles. The van der Waals surface area contributed by atoms with E-state index in [2.05, 4.69) is 4.90 Å². The number of fused-ring (bicyclic) bond motifs is 3. The van der Waals surface area contributed by atoms with Gasteiger partial charge in [0.2, 0.25) is 0 Å². The molecule has 5 nitrogen and oxygen atoms in total. The zero-order valence-electron chi connectivity index (χ0n) is 20.5. The van der Waals surface area contributed by atoms with Gasteiger partial charge in [0, 0.05) is 37.3 Å². The van der Waals surface area contributed by atoms with Crippen molar-refractivity contribution >= 4 is 11.8 Å². The molecule has 3 aliphatic heterocycles. The highest BCUT2D eigenvalue weighted by molar-refractivity contribution is 5.80. The van der Waals surface area contributed by atoms with Crippen molar-refractivity contribution in [1.29, 1.82) is 0 Å². The molecule has 0 radical (unpaired) electrons. The smallest absolute Gasteiger partial charge is 0.417 e. The van der Waals surface area contributed by atoms with Gasteiger partial charge in [-0.25, -0.2) is 4.79 Å². The standard InChI is InChI=1S/C27H31F3N2O3/c1-5-34-18-6-7-19(22(14-18)27(28,29)30)17-12-16-8-11-32-23-9-10-31(25(33)35-26(2,3)4)15-21(23)20(13-17)24(16)32/h6-7,12-14,21,23H,5,8-11,15H2,1-4H3/t21-,23-/m1/s1. The normalized spacial score (nSPS) is 21.1. The molecule has 3 aliphatic rings. The maximum absolute atomic E-state index is 14.0. The minimum Gasteiger partial charge on any atom is -0.494 e. The fraction of sp³-hybridized carbons (Fsp3) is 0.519. The van der Waals surface area contributed by atoms with Gasteiger partial charge in [-0.2, -0.15) is 13.2 Å². The Balaban J connectivity index is 1.53.